The Bertz CT molecular complexity index is 654. The third kappa shape index (κ3) is 3.08. The van der Waals surface area contributed by atoms with Crippen molar-refractivity contribution in [3.63, 3.8) is 0 Å². The highest BCUT2D eigenvalue weighted by molar-refractivity contribution is 6.07. The van der Waals surface area contributed by atoms with Crippen LogP contribution in [0.3, 0.4) is 0 Å². The van der Waals surface area contributed by atoms with Crippen LogP contribution < -0.4 is 14.4 Å². The molecule has 1 N–H and O–H groups in total. The third-order valence-corrected chi connectivity index (χ3v) is 3.18. The lowest BCUT2D eigenvalue weighted by Gasteiger charge is -2.18. The molecule has 0 saturated heterocycles. The number of carbonyl (C=O) groups excluding carboxylic acids is 1. The van der Waals surface area contributed by atoms with Gasteiger partial charge in [-0.3, -0.25) is 4.79 Å². The second-order valence-corrected chi connectivity index (χ2v) is 4.45. The lowest BCUT2D eigenvalue weighted by molar-refractivity contribution is 0.0990. The van der Waals surface area contributed by atoms with E-state index in [2.05, 4.69) is 0 Å². The van der Waals surface area contributed by atoms with Crippen molar-refractivity contribution in [2.45, 2.75) is 0 Å². The number of phenols is 1. The highest BCUT2D eigenvalue weighted by Crippen LogP contribution is 2.27. The molecule has 0 radical (unpaired) electrons. The number of hydrogen-bond donors (Lipinski definition) is 1. The molecule has 110 valence electrons. The van der Waals surface area contributed by atoms with E-state index in [-0.39, 0.29) is 17.2 Å². The average molecular weight is 287 g/mol. The zero-order valence-electron chi connectivity index (χ0n) is 12.2. The number of benzene rings is 2. The fourth-order valence-corrected chi connectivity index (χ4v) is 1.94. The molecular formula is C16H17NO4. The zero-order valence-corrected chi connectivity index (χ0v) is 12.2. The minimum Gasteiger partial charge on any atom is -0.507 e. The summed E-state index contributed by atoms with van der Waals surface area (Å²) in [7, 11) is 4.70. The molecule has 0 spiro atoms. The first-order chi connectivity index (χ1) is 10.1. The van der Waals surface area contributed by atoms with Crippen LogP contribution in [0.25, 0.3) is 0 Å². The number of aromatic hydroxyl groups is 1. The van der Waals surface area contributed by atoms with E-state index in [4.69, 9.17) is 9.47 Å². The number of carbonyl (C=O) groups is 1. The maximum atomic E-state index is 12.4. The number of ether oxygens (including phenoxy) is 2. The predicted molar refractivity (Wildman–Crippen MR) is 80.4 cm³/mol. The zero-order chi connectivity index (χ0) is 15.4. The van der Waals surface area contributed by atoms with Crippen molar-refractivity contribution in [3.05, 3.63) is 48.0 Å². The van der Waals surface area contributed by atoms with Gasteiger partial charge in [-0.1, -0.05) is 6.07 Å². The molecular weight excluding hydrogens is 270 g/mol. The van der Waals surface area contributed by atoms with Gasteiger partial charge in [0.05, 0.1) is 19.8 Å². The van der Waals surface area contributed by atoms with Gasteiger partial charge in [0.25, 0.3) is 5.91 Å². The molecule has 2 aromatic carbocycles. The van der Waals surface area contributed by atoms with Crippen molar-refractivity contribution in [1.29, 1.82) is 0 Å². The molecule has 2 rings (SSSR count). The Hall–Kier alpha value is -2.69. The van der Waals surface area contributed by atoms with Crippen LogP contribution in [0.5, 0.6) is 17.2 Å². The summed E-state index contributed by atoms with van der Waals surface area (Å²) in [5, 5.41) is 9.94. The monoisotopic (exact) mass is 287 g/mol. The van der Waals surface area contributed by atoms with Crippen molar-refractivity contribution in [1.82, 2.24) is 0 Å². The standard InChI is InChI=1S/C16H17NO4/c1-17(11-5-4-6-12(9-11)20-2)16(19)14-8-7-13(21-3)10-15(14)18/h4-10,18H,1-3H3. The van der Waals surface area contributed by atoms with Gasteiger partial charge in [-0.05, 0) is 24.3 Å². The summed E-state index contributed by atoms with van der Waals surface area (Å²) in [4.78, 5) is 13.9. The number of hydrogen-bond acceptors (Lipinski definition) is 4. The van der Waals surface area contributed by atoms with E-state index in [0.29, 0.717) is 17.2 Å². The van der Waals surface area contributed by atoms with Gasteiger partial charge in [-0.25, -0.2) is 0 Å². The molecule has 0 unspecified atom stereocenters. The van der Waals surface area contributed by atoms with Gasteiger partial charge in [0.2, 0.25) is 0 Å². The molecule has 0 aromatic heterocycles. The summed E-state index contributed by atoms with van der Waals surface area (Å²) >= 11 is 0. The van der Waals surface area contributed by atoms with Crippen molar-refractivity contribution < 1.29 is 19.4 Å². The Kier molecular flexibility index (Phi) is 4.33. The molecule has 0 aliphatic heterocycles. The fourth-order valence-electron chi connectivity index (χ4n) is 1.94. The number of methoxy groups -OCH3 is 2. The first-order valence-electron chi connectivity index (χ1n) is 6.36. The summed E-state index contributed by atoms with van der Waals surface area (Å²) in [6.07, 6.45) is 0. The minimum atomic E-state index is -0.316. The Labute approximate surface area is 123 Å². The van der Waals surface area contributed by atoms with Crippen LogP contribution in [-0.2, 0) is 0 Å². The summed E-state index contributed by atoms with van der Waals surface area (Å²) in [5.41, 5.74) is 0.885. The molecule has 0 aliphatic carbocycles. The van der Waals surface area contributed by atoms with Gasteiger partial charge in [0.1, 0.15) is 17.2 Å². The van der Waals surface area contributed by atoms with Crippen LogP contribution in [0.1, 0.15) is 10.4 Å². The topological polar surface area (TPSA) is 59.0 Å². The van der Waals surface area contributed by atoms with Crippen LogP contribution in [0.4, 0.5) is 5.69 Å². The van der Waals surface area contributed by atoms with Gasteiger partial charge >= 0.3 is 0 Å². The molecule has 0 fully saturated rings. The quantitative estimate of drug-likeness (QED) is 0.939. The molecule has 0 saturated carbocycles. The van der Waals surface area contributed by atoms with Gasteiger partial charge < -0.3 is 19.5 Å². The lowest BCUT2D eigenvalue weighted by Crippen LogP contribution is -2.26. The van der Waals surface area contributed by atoms with E-state index in [9.17, 15) is 9.90 Å². The van der Waals surface area contributed by atoms with Crippen LogP contribution in [0.2, 0.25) is 0 Å². The summed E-state index contributed by atoms with van der Waals surface area (Å²) in [5.74, 6) is 0.719. The normalized spacial score (nSPS) is 10.0. The van der Waals surface area contributed by atoms with E-state index >= 15 is 0 Å². The Morgan fingerprint density at radius 1 is 1.05 bits per heavy atom. The summed E-state index contributed by atoms with van der Waals surface area (Å²) in [6, 6.07) is 11.7. The second-order valence-electron chi connectivity index (χ2n) is 4.45. The molecule has 1 amide bonds. The van der Waals surface area contributed by atoms with E-state index < -0.39 is 0 Å². The summed E-state index contributed by atoms with van der Waals surface area (Å²) in [6.45, 7) is 0. The highest BCUT2D eigenvalue weighted by Gasteiger charge is 2.18. The van der Waals surface area contributed by atoms with E-state index in [1.807, 2.05) is 0 Å². The lowest BCUT2D eigenvalue weighted by atomic mass is 10.1. The first kappa shape index (κ1) is 14.7. The maximum Gasteiger partial charge on any atom is 0.261 e. The van der Waals surface area contributed by atoms with E-state index in [0.717, 1.165) is 0 Å². The van der Waals surface area contributed by atoms with Crippen molar-refractivity contribution in [3.8, 4) is 17.2 Å². The predicted octanol–water partition coefficient (Wildman–Crippen LogP) is 2.69. The maximum absolute atomic E-state index is 12.4. The van der Waals surface area contributed by atoms with Crippen LogP contribution in [-0.4, -0.2) is 32.3 Å². The first-order valence-corrected chi connectivity index (χ1v) is 6.36. The number of phenolic OH excluding ortho intramolecular Hbond substituents is 1. The molecule has 0 atom stereocenters. The third-order valence-electron chi connectivity index (χ3n) is 3.18. The number of rotatable bonds is 4. The van der Waals surface area contributed by atoms with E-state index in [1.165, 1.54) is 24.1 Å². The second kappa shape index (κ2) is 6.17. The van der Waals surface area contributed by atoms with Crippen LogP contribution >= 0.6 is 0 Å². The number of anilines is 1. The Morgan fingerprint density at radius 3 is 2.33 bits per heavy atom. The molecule has 0 aliphatic rings. The molecule has 0 heterocycles. The Morgan fingerprint density at radius 2 is 1.71 bits per heavy atom. The molecule has 21 heavy (non-hydrogen) atoms. The number of amides is 1. The smallest absolute Gasteiger partial charge is 0.261 e. The fraction of sp³-hybridized carbons (Fsp3) is 0.188. The van der Waals surface area contributed by atoms with Gasteiger partial charge in [-0.2, -0.15) is 0 Å². The average Bonchev–Trinajstić information content (AvgIpc) is 2.53. The van der Waals surface area contributed by atoms with Crippen molar-refractivity contribution in [2.24, 2.45) is 0 Å². The van der Waals surface area contributed by atoms with Crippen LogP contribution in [0, 0.1) is 0 Å². The number of nitrogens with zero attached hydrogens (tertiary/aromatic N) is 1. The van der Waals surface area contributed by atoms with Crippen molar-refractivity contribution >= 4 is 11.6 Å². The van der Waals surface area contributed by atoms with Gasteiger partial charge in [-0.15, -0.1) is 0 Å². The SMILES string of the molecule is COc1cccc(N(C)C(=O)c2ccc(OC)cc2O)c1. The minimum absolute atomic E-state index is 0.117. The Balaban J connectivity index is 2.30. The molecule has 2 aromatic rings. The van der Waals surface area contributed by atoms with E-state index in [1.54, 1.807) is 44.5 Å². The summed E-state index contributed by atoms with van der Waals surface area (Å²) < 4.78 is 10.1. The van der Waals surface area contributed by atoms with Crippen molar-refractivity contribution in [2.75, 3.05) is 26.2 Å². The van der Waals surface area contributed by atoms with Gasteiger partial charge in [0.15, 0.2) is 0 Å². The molecule has 0 bridgehead atoms. The molecule has 5 nitrogen and oxygen atoms in total. The molecule has 5 heteroatoms. The van der Waals surface area contributed by atoms with Gasteiger partial charge in [0, 0.05) is 24.9 Å². The highest BCUT2D eigenvalue weighted by atomic mass is 16.5. The largest absolute Gasteiger partial charge is 0.507 e. The van der Waals surface area contributed by atoms with Crippen LogP contribution in [0.15, 0.2) is 42.5 Å².